The summed E-state index contributed by atoms with van der Waals surface area (Å²) in [6.07, 6.45) is 3.16. The molecule has 28 heavy (non-hydrogen) atoms. The molecule has 0 aromatic heterocycles. The molecule has 0 bridgehead atoms. The van der Waals surface area contributed by atoms with Gasteiger partial charge in [0.2, 0.25) is 5.91 Å². The number of aliphatic imine (C=N–C) groups is 1. The van der Waals surface area contributed by atoms with Crippen LogP contribution in [0.3, 0.4) is 0 Å². The number of piperidine rings is 1. The second-order valence-electron chi connectivity index (χ2n) is 7.66. The Hall–Kier alpha value is -2.28. The average Bonchev–Trinajstić information content (AvgIpc) is 3.23. The molecular weight excluding hydrogens is 356 g/mol. The Morgan fingerprint density at radius 3 is 2.64 bits per heavy atom. The van der Waals surface area contributed by atoms with Gasteiger partial charge in [-0.3, -0.25) is 4.79 Å². The van der Waals surface area contributed by atoms with Crippen molar-refractivity contribution in [1.82, 2.24) is 15.1 Å². The normalized spacial score (nSPS) is 20.9. The lowest BCUT2D eigenvalue weighted by atomic mass is 10.1. The quantitative estimate of drug-likeness (QED) is 0.592. The molecule has 2 saturated heterocycles. The fourth-order valence-electron chi connectivity index (χ4n) is 3.41. The van der Waals surface area contributed by atoms with Gasteiger partial charge in [-0.1, -0.05) is 18.2 Å². The first kappa shape index (κ1) is 20.5. The summed E-state index contributed by atoms with van der Waals surface area (Å²) in [7, 11) is 3.51. The van der Waals surface area contributed by atoms with E-state index in [9.17, 15) is 4.79 Å². The van der Waals surface area contributed by atoms with E-state index in [2.05, 4.69) is 15.2 Å². The summed E-state index contributed by atoms with van der Waals surface area (Å²) in [5.74, 6) is 2.26. The predicted octanol–water partition coefficient (Wildman–Crippen LogP) is 1.60. The predicted molar refractivity (Wildman–Crippen MR) is 110 cm³/mol. The number of ether oxygens (including phenoxy) is 2. The summed E-state index contributed by atoms with van der Waals surface area (Å²) in [4.78, 5) is 20.4. The molecule has 0 spiro atoms. The van der Waals surface area contributed by atoms with Crippen LogP contribution in [0, 0.1) is 5.92 Å². The number of hydrogen-bond donors (Lipinski definition) is 1. The SMILES string of the molecule is CN(C)C(=O)CN=C(NCC1CCOC1)N1CCC(Oc2ccccc2)CC1. The number of likely N-dealkylation sites (tertiary alicyclic amines) is 1. The minimum atomic E-state index is 0.00537. The van der Waals surface area contributed by atoms with Crippen molar-refractivity contribution in [1.29, 1.82) is 0 Å². The van der Waals surface area contributed by atoms with E-state index in [1.54, 1.807) is 19.0 Å². The number of nitrogens with zero attached hydrogens (tertiary/aromatic N) is 3. The molecule has 1 atom stereocenters. The first-order valence-electron chi connectivity index (χ1n) is 10.1. The van der Waals surface area contributed by atoms with Gasteiger partial charge in [0.15, 0.2) is 5.96 Å². The minimum absolute atomic E-state index is 0.00537. The van der Waals surface area contributed by atoms with Gasteiger partial charge < -0.3 is 24.6 Å². The van der Waals surface area contributed by atoms with Crippen LogP contribution in [0.4, 0.5) is 0 Å². The lowest BCUT2D eigenvalue weighted by Crippen LogP contribution is -2.49. The maximum Gasteiger partial charge on any atom is 0.243 e. The second kappa shape index (κ2) is 10.3. The number of rotatable bonds is 6. The molecule has 1 aromatic carbocycles. The molecule has 3 rings (SSSR count). The van der Waals surface area contributed by atoms with Crippen molar-refractivity contribution in [3.63, 3.8) is 0 Å². The largest absolute Gasteiger partial charge is 0.490 e. The molecule has 0 saturated carbocycles. The van der Waals surface area contributed by atoms with Crippen LogP contribution in [0.1, 0.15) is 19.3 Å². The molecule has 0 aliphatic carbocycles. The third-order valence-corrected chi connectivity index (χ3v) is 5.22. The van der Waals surface area contributed by atoms with E-state index in [1.165, 1.54) is 0 Å². The van der Waals surface area contributed by atoms with Crippen molar-refractivity contribution in [2.75, 3.05) is 53.5 Å². The molecule has 7 nitrogen and oxygen atoms in total. The van der Waals surface area contributed by atoms with E-state index in [1.807, 2.05) is 30.3 Å². The van der Waals surface area contributed by atoms with E-state index in [-0.39, 0.29) is 18.6 Å². The standard InChI is InChI=1S/C21H32N4O3/c1-24(2)20(26)15-23-21(22-14-17-10-13-27-16-17)25-11-8-19(9-12-25)28-18-6-4-3-5-7-18/h3-7,17,19H,8-16H2,1-2H3,(H,22,23). The van der Waals surface area contributed by atoms with Crippen LogP contribution in [0.25, 0.3) is 0 Å². The smallest absolute Gasteiger partial charge is 0.243 e. The summed E-state index contributed by atoms with van der Waals surface area (Å²) >= 11 is 0. The number of amides is 1. The van der Waals surface area contributed by atoms with Gasteiger partial charge in [-0.05, 0) is 18.6 Å². The molecular formula is C21H32N4O3. The van der Waals surface area contributed by atoms with Crippen LogP contribution in [0.15, 0.2) is 35.3 Å². The lowest BCUT2D eigenvalue weighted by molar-refractivity contribution is -0.127. The monoisotopic (exact) mass is 388 g/mol. The average molecular weight is 389 g/mol. The van der Waals surface area contributed by atoms with Crippen LogP contribution in [-0.2, 0) is 9.53 Å². The zero-order valence-electron chi connectivity index (χ0n) is 17.0. The van der Waals surface area contributed by atoms with Crippen LogP contribution in [0.2, 0.25) is 0 Å². The Bertz CT molecular complexity index is 636. The summed E-state index contributed by atoms with van der Waals surface area (Å²) in [5.41, 5.74) is 0. The first-order valence-corrected chi connectivity index (χ1v) is 10.1. The number of guanidine groups is 1. The molecule has 2 heterocycles. The van der Waals surface area contributed by atoms with Gasteiger partial charge in [-0.15, -0.1) is 0 Å². The highest BCUT2D eigenvalue weighted by Crippen LogP contribution is 2.19. The van der Waals surface area contributed by atoms with Gasteiger partial charge in [0.1, 0.15) is 18.4 Å². The zero-order chi connectivity index (χ0) is 19.8. The minimum Gasteiger partial charge on any atom is -0.490 e. The summed E-state index contributed by atoms with van der Waals surface area (Å²) in [6.45, 7) is 4.34. The van der Waals surface area contributed by atoms with Gasteiger partial charge in [0.05, 0.1) is 6.61 Å². The molecule has 0 radical (unpaired) electrons. The van der Waals surface area contributed by atoms with E-state index in [0.717, 1.165) is 63.8 Å². The van der Waals surface area contributed by atoms with Crippen LogP contribution < -0.4 is 10.1 Å². The molecule has 1 amide bonds. The molecule has 2 fully saturated rings. The number of nitrogens with one attached hydrogen (secondary N) is 1. The van der Waals surface area contributed by atoms with E-state index < -0.39 is 0 Å². The van der Waals surface area contributed by atoms with Gasteiger partial charge in [0.25, 0.3) is 0 Å². The second-order valence-corrected chi connectivity index (χ2v) is 7.66. The summed E-state index contributed by atoms with van der Waals surface area (Å²) < 4.78 is 11.6. The number of hydrogen-bond acceptors (Lipinski definition) is 4. The van der Waals surface area contributed by atoms with Crippen molar-refractivity contribution < 1.29 is 14.3 Å². The molecule has 1 aromatic rings. The molecule has 1 N–H and O–H groups in total. The molecule has 2 aliphatic rings. The fourth-order valence-corrected chi connectivity index (χ4v) is 3.41. The van der Waals surface area contributed by atoms with E-state index in [0.29, 0.717) is 5.92 Å². The Morgan fingerprint density at radius 1 is 1.25 bits per heavy atom. The Balaban J connectivity index is 1.54. The third kappa shape index (κ3) is 6.12. The highest BCUT2D eigenvalue weighted by atomic mass is 16.5. The number of carbonyl (C=O) groups excluding carboxylic acids is 1. The number of benzene rings is 1. The topological polar surface area (TPSA) is 66.4 Å². The van der Waals surface area contributed by atoms with Crippen LogP contribution in [-0.4, -0.2) is 81.3 Å². The van der Waals surface area contributed by atoms with Crippen LogP contribution in [0.5, 0.6) is 5.75 Å². The molecule has 1 unspecified atom stereocenters. The van der Waals surface area contributed by atoms with E-state index >= 15 is 0 Å². The summed E-state index contributed by atoms with van der Waals surface area (Å²) in [5, 5.41) is 3.47. The van der Waals surface area contributed by atoms with Gasteiger partial charge >= 0.3 is 0 Å². The number of para-hydroxylation sites is 1. The molecule has 2 aliphatic heterocycles. The van der Waals surface area contributed by atoms with Crippen molar-refractivity contribution in [3.8, 4) is 5.75 Å². The first-order chi connectivity index (χ1) is 13.6. The van der Waals surface area contributed by atoms with Crippen LogP contribution >= 0.6 is 0 Å². The number of carbonyl (C=O) groups is 1. The molecule has 154 valence electrons. The van der Waals surface area contributed by atoms with Crippen molar-refractivity contribution in [2.45, 2.75) is 25.4 Å². The maximum atomic E-state index is 12.0. The van der Waals surface area contributed by atoms with E-state index in [4.69, 9.17) is 9.47 Å². The Kier molecular flexibility index (Phi) is 7.54. The Morgan fingerprint density at radius 2 is 2.00 bits per heavy atom. The van der Waals surface area contributed by atoms with Gasteiger partial charge in [-0.25, -0.2) is 4.99 Å². The number of likely N-dealkylation sites (N-methyl/N-ethyl adjacent to an activating group) is 1. The lowest BCUT2D eigenvalue weighted by Gasteiger charge is -2.34. The Labute approximate surface area is 167 Å². The summed E-state index contributed by atoms with van der Waals surface area (Å²) in [6, 6.07) is 9.98. The van der Waals surface area contributed by atoms with Gasteiger partial charge in [0, 0.05) is 59.1 Å². The third-order valence-electron chi connectivity index (χ3n) is 5.22. The highest BCUT2D eigenvalue weighted by molar-refractivity contribution is 5.84. The zero-order valence-corrected chi connectivity index (χ0v) is 17.0. The fraction of sp³-hybridized carbons (Fsp3) is 0.619. The van der Waals surface area contributed by atoms with Crippen molar-refractivity contribution in [3.05, 3.63) is 30.3 Å². The highest BCUT2D eigenvalue weighted by Gasteiger charge is 2.24. The van der Waals surface area contributed by atoms with Crippen molar-refractivity contribution in [2.24, 2.45) is 10.9 Å². The maximum absolute atomic E-state index is 12.0. The van der Waals surface area contributed by atoms with Crippen molar-refractivity contribution >= 4 is 11.9 Å². The molecule has 7 heteroatoms. The van der Waals surface area contributed by atoms with Gasteiger partial charge in [-0.2, -0.15) is 0 Å².